The molecule has 2 aromatic carbocycles. The van der Waals surface area contributed by atoms with Crippen LogP contribution in [0.25, 0.3) is 0 Å². The molecule has 2 aliphatic rings. The van der Waals surface area contributed by atoms with Crippen molar-refractivity contribution in [3.8, 4) is 5.75 Å². The van der Waals surface area contributed by atoms with E-state index in [-0.39, 0.29) is 24.1 Å². The zero-order chi connectivity index (χ0) is 23.8. The fraction of sp³-hybridized carbons (Fsp3) is 0.536. The van der Waals surface area contributed by atoms with Crippen molar-refractivity contribution in [1.29, 1.82) is 0 Å². The average Bonchev–Trinajstić information content (AvgIpc) is 3.07. The molecule has 0 unspecified atom stereocenters. The number of aliphatic hydroxyl groups is 1. The van der Waals surface area contributed by atoms with E-state index in [9.17, 15) is 9.90 Å². The number of carbonyl (C=O) groups excluding carboxylic acids is 1. The van der Waals surface area contributed by atoms with Gasteiger partial charge in [-0.25, -0.2) is 0 Å². The molecule has 33 heavy (non-hydrogen) atoms. The Bertz CT molecular complexity index is 1010. The normalized spacial score (nSPS) is 21.5. The molecule has 2 atom stereocenters. The molecule has 1 saturated heterocycles. The summed E-state index contributed by atoms with van der Waals surface area (Å²) in [5, 5.41) is 13.8. The van der Waals surface area contributed by atoms with Crippen LogP contribution in [0.2, 0.25) is 0 Å². The first kappa shape index (κ1) is 23.6. The first-order valence-electron chi connectivity index (χ1n) is 12.2. The molecule has 2 aromatic rings. The van der Waals surface area contributed by atoms with Crippen molar-refractivity contribution in [2.24, 2.45) is 0 Å². The number of hydrogen-bond acceptors (Lipinski definition) is 5. The number of cyclic esters (lactones) is 1. The number of carbonyl (C=O) groups is 1. The summed E-state index contributed by atoms with van der Waals surface area (Å²) in [6.45, 7) is 11.7. The summed E-state index contributed by atoms with van der Waals surface area (Å²) in [4.78, 5) is 11.8. The van der Waals surface area contributed by atoms with Gasteiger partial charge in [-0.05, 0) is 56.2 Å². The first-order valence-corrected chi connectivity index (χ1v) is 12.2. The molecule has 5 nitrogen and oxygen atoms in total. The van der Waals surface area contributed by atoms with Crippen molar-refractivity contribution in [2.45, 2.75) is 97.0 Å². The third kappa shape index (κ3) is 5.19. The second-order valence-electron chi connectivity index (χ2n) is 10.5. The average molecular weight is 452 g/mol. The quantitative estimate of drug-likeness (QED) is 0.549. The Hall–Kier alpha value is -2.53. The van der Waals surface area contributed by atoms with Crippen molar-refractivity contribution >= 4 is 11.7 Å². The number of esters is 1. The van der Waals surface area contributed by atoms with E-state index in [0.29, 0.717) is 18.8 Å². The number of aliphatic hydroxyl groups excluding tert-OH is 1. The highest BCUT2D eigenvalue weighted by Gasteiger charge is 2.37. The number of anilines is 1. The SMILES string of the molecule is Cc1c2c(c(CC[C@@H]3C[C@@H](O)CC(=O)O3)c(C(C)C)c1NCc1ccccc1)OC(C)(C)C2. The van der Waals surface area contributed by atoms with Crippen LogP contribution < -0.4 is 10.1 Å². The standard InChI is InChI=1S/C28H37NO4/c1-17(2)25-22(12-11-21-13-20(30)14-24(31)32-21)27-23(15-28(4,5)33-27)18(3)26(25)29-16-19-9-7-6-8-10-19/h6-10,17,20-21,29-30H,11-16H2,1-5H3/t20-,21-/m1/s1. The topological polar surface area (TPSA) is 67.8 Å². The second kappa shape index (κ2) is 9.38. The van der Waals surface area contributed by atoms with E-state index in [2.05, 4.69) is 64.2 Å². The van der Waals surface area contributed by atoms with E-state index in [1.165, 1.54) is 33.5 Å². The van der Waals surface area contributed by atoms with Gasteiger partial charge < -0.3 is 19.9 Å². The lowest BCUT2D eigenvalue weighted by Gasteiger charge is -2.28. The summed E-state index contributed by atoms with van der Waals surface area (Å²) in [6.07, 6.45) is 2.03. The number of ether oxygens (including phenoxy) is 2. The van der Waals surface area contributed by atoms with E-state index in [1.54, 1.807) is 0 Å². The Labute approximate surface area is 197 Å². The van der Waals surface area contributed by atoms with Gasteiger partial charge in [0, 0.05) is 36.2 Å². The lowest BCUT2D eigenvalue weighted by molar-refractivity contribution is -0.160. The largest absolute Gasteiger partial charge is 0.487 e. The maximum atomic E-state index is 11.8. The molecule has 2 aliphatic heterocycles. The zero-order valence-corrected chi connectivity index (χ0v) is 20.5. The van der Waals surface area contributed by atoms with Gasteiger partial charge in [0.05, 0.1) is 12.5 Å². The van der Waals surface area contributed by atoms with E-state index in [0.717, 1.165) is 25.1 Å². The van der Waals surface area contributed by atoms with E-state index in [4.69, 9.17) is 9.47 Å². The van der Waals surface area contributed by atoms with Gasteiger partial charge in [-0.2, -0.15) is 0 Å². The molecule has 0 bridgehead atoms. The monoisotopic (exact) mass is 451 g/mol. The van der Waals surface area contributed by atoms with E-state index < -0.39 is 6.10 Å². The van der Waals surface area contributed by atoms with Crippen LogP contribution in [0.3, 0.4) is 0 Å². The van der Waals surface area contributed by atoms with Crippen LogP contribution in [0.5, 0.6) is 5.75 Å². The van der Waals surface area contributed by atoms with Gasteiger partial charge in [-0.3, -0.25) is 4.79 Å². The minimum Gasteiger partial charge on any atom is -0.487 e. The fourth-order valence-electron chi connectivity index (χ4n) is 5.30. The molecule has 1 fully saturated rings. The number of hydrogen-bond donors (Lipinski definition) is 2. The summed E-state index contributed by atoms with van der Waals surface area (Å²) in [5.74, 6) is 1.00. The summed E-state index contributed by atoms with van der Waals surface area (Å²) >= 11 is 0. The maximum absolute atomic E-state index is 11.8. The Morgan fingerprint density at radius 3 is 2.61 bits per heavy atom. The number of nitrogens with one attached hydrogen (secondary N) is 1. The molecule has 4 rings (SSSR count). The highest BCUT2D eigenvalue weighted by molar-refractivity contribution is 5.71. The van der Waals surface area contributed by atoms with Crippen LogP contribution >= 0.6 is 0 Å². The van der Waals surface area contributed by atoms with Crippen molar-refractivity contribution in [1.82, 2.24) is 0 Å². The predicted octanol–water partition coefficient (Wildman–Crippen LogP) is 5.44. The van der Waals surface area contributed by atoms with E-state index in [1.807, 2.05) is 6.07 Å². The van der Waals surface area contributed by atoms with Crippen molar-refractivity contribution in [2.75, 3.05) is 5.32 Å². The van der Waals surface area contributed by atoms with Crippen LogP contribution in [0, 0.1) is 6.92 Å². The van der Waals surface area contributed by atoms with Gasteiger partial charge in [0.1, 0.15) is 17.5 Å². The number of fused-ring (bicyclic) bond motifs is 1. The van der Waals surface area contributed by atoms with Gasteiger partial charge in [0.25, 0.3) is 0 Å². The predicted molar refractivity (Wildman–Crippen MR) is 131 cm³/mol. The summed E-state index contributed by atoms with van der Waals surface area (Å²) in [5.41, 5.74) is 7.22. The van der Waals surface area contributed by atoms with Crippen LogP contribution in [-0.2, 0) is 28.9 Å². The number of benzene rings is 2. The smallest absolute Gasteiger partial charge is 0.308 e. The molecular weight excluding hydrogens is 414 g/mol. The molecular formula is C28H37NO4. The van der Waals surface area contributed by atoms with Gasteiger partial charge in [0.2, 0.25) is 0 Å². The molecule has 2 heterocycles. The third-order valence-electron chi connectivity index (χ3n) is 6.79. The molecule has 0 radical (unpaired) electrons. The number of rotatable bonds is 7. The summed E-state index contributed by atoms with van der Waals surface area (Å²) in [7, 11) is 0. The van der Waals surface area contributed by atoms with Crippen LogP contribution in [0.15, 0.2) is 30.3 Å². The lowest BCUT2D eigenvalue weighted by Crippen LogP contribution is -2.33. The minimum absolute atomic E-state index is 0.0958. The highest BCUT2D eigenvalue weighted by atomic mass is 16.5. The molecule has 0 spiro atoms. The molecule has 5 heteroatoms. The minimum atomic E-state index is -0.608. The molecule has 178 valence electrons. The van der Waals surface area contributed by atoms with Crippen molar-refractivity contribution in [3.63, 3.8) is 0 Å². The Balaban J connectivity index is 1.70. The Morgan fingerprint density at radius 2 is 1.94 bits per heavy atom. The second-order valence-corrected chi connectivity index (χ2v) is 10.5. The van der Waals surface area contributed by atoms with Gasteiger partial charge >= 0.3 is 5.97 Å². The molecule has 2 N–H and O–H groups in total. The molecule has 0 aliphatic carbocycles. The maximum Gasteiger partial charge on any atom is 0.308 e. The van der Waals surface area contributed by atoms with Gasteiger partial charge in [0.15, 0.2) is 0 Å². The van der Waals surface area contributed by atoms with Crippen LogP contribution in [0.4, 0.5) is 5.69 Å². The fourth-order valence-corrected chi connectivity index (χ4v) is 5.30. The van der Waals surface area contributed by atoms with Crippen LogP contribution in [-0.4, -0.2) is 28.9 Å². The molecule has 0 amide bonds. The molecule has 0 aromatic heterocycles. The Kier molecular flexibility index (Phi) is 6.71. The first-order chi connectivity index (χ1) is 15.6. The van der Waals surface area contributed by atoms with Crippen molar-refractivity contribution in [3.05, 3.63) is 58.1 Å². The van der Waals surface area contributed by atoms with Crippen LogP contribution in [0.1, 0.15) is 80.7 Å². The third-order valence-corrected chi connectivity index (χ3v) is 6.79. The van der Waals surface area contributed by atoms with Gasteiger partial charge in [-0.15, -0.1) is 0 Å². The summed E-state index contributed by atoms with van der Waals surface area (Å²) in [6, 6.07) is 10.5. The zero-order valence-electron chi connectivity index (χ0n) is 20.5. The van der Waals surface area contributed by atoms with Crippen molar-refractivity contribution < 1.29 is 19.4 Å². The van der Waals surface area contributed by atoms with Gasteiger partial charge in [-0.1, -0.05) is 44.2 Å². The summed E-state index contributed by atoms with van der Waals surface area (Å²) < 4.78 is 12.1. The molecule has 0 saturated carbocycles. The lowest BCUT2D eigenvalue weighted by atomic mass is 9.85. The van der Waals surface area contributed by atoms with E-state index >= 15 is 0 Å². The Morgan fingerprint density at radius 1 is 1.21 bits per heavy atom. The highest BCUT2D eigenvalue weighted by Crippen LogP contribution is 2.47.